The van der Waals surface area contributed by atoms with Crippen LogP contribution >= 0.6 is 0 Å². The van der Waals surface area contributed by atoms with Gasteiger partial charge in [0.05, 0.1) is 5.92 Å². The quantitative estimate of drug-likeness (QED) is 0.498. The summed E-state index contributed by atoms with van der Waals surface area (Å²) in [6, 6.07) is 0. The van der Waals surface area contributed by atoms with Crippen molar-refractivity contribution in [1.29, 1.82) is 0 Å². The van der Waals surface area contributed by atoms with Gasteiger partial charge in [0.15, 0.2) is 6.29 Å². The van der Waals surface area contributed by atoms with Gasteiger partial charge in [-0.3, -0.25) is 4.79 Å². The zero-order valence-electron chi connectivity index (χ0n) is 16.0. The molecule has 0 spiro atoms. The number of carbonyl (C=O) groups is 1. The Morgan fingerprint density at radius 1 is 1.16 bits per heavy atom. The van der Waals surface area contributed by atoms with Gasteiger partial charge in [0.2, 0.25) is 6.29 Å². The highest BCUT2D eigenvalue weighted by Crippen LogP contribution is 2.54. The molecule has 2 heterocycles. The SMILES string of the molecule is CO[C@@H]1O[C@H]2OC(=O)[C@H](CC/C=C(\C)CCC=C(C)C)[C@H]3CC[C@@H]1[C@@H]23. The molecule has 140 valence electrons. The maximum absolute atomic E-state index is 12.5. The highest BCUT2D eigenvalue weighted by atomic mass is 16.8. The summed E-state index contributed by atoms with van der Waals surface area (Å²) >= 11 is 0. The van der Waals surface area contributed by atoms with Gasteiger partial charge in [0.25, 0.3) is 0 Å². The molecule has 0 aromatic rings. The van der Waals surface area contributed by atoms with Crippen LogP contribution in [0.4, 0.5) is 0 Å². The van der Waals surface area contributed by atoms with E-state index in [0.29, 0.717) is 17.8 Å². The van der Waals surface area contributed by atoms with Crippen LogP contribution in [0.3, 0.4) is 0 Å². The number of esters is 1. The molecule has 0 bridgehead atoms. The van der Waals surface area contributed by atoms with Crippen LogP contribution in [0.2, 0.25) is 0 Å². The Bertz CT molecular complexity index is 546. The van der Waals surface area contributed by atoms with E-state index in [1.807, 2.05) is 0 Å². The summed E-state index contributed by atoms with van der Waals surface area (Å²) in [4.78, 5) is 12.5. The van der Waals surface area contributed by atoms with E-state index in [-0.39, 0.29) is 24.5 Å². The molecule has 0 radical (unpaired) electrons. The van der Waals surface area contributed by atoms with Crippen LogP contribution in [0, 0.1) is 23.7 Å². The summed E-state index contributed by atoms with van der Waals surface area (Å²) in [5.74, 6) is 1.06. The van der Waals surface area contributed by atoms with Crippen LogP contribution in [-0.4, -0.2) is 25.7 Å². The Hall–Kier alpha value is -1.13. The molecular formula is C21H32O4. The smallest absolute Gasteiger partial charge is 0.311 e. The van der Waals surface area contributed by atoms with Crippen molar-refractivity contribution >= 4 is 5.97 Å². The van der Waals surface area contributed by atoms with Crippen molar-refractivity contribution in [1.82, 2.24) is 0 Å². The molecule has 1 saturated carbocycles. The Morgan fingerprint density at radius 2 is 1.92 bits per heavy atom. The van der Waals surface area contributed by atoms with Gasteiger partial charge < -0.3 is 14.2 Å². The molecule has 0 N–H and O–H groups in total. The second-order valence-corrected chi connectivity index (χ2v) is 8.08. The van der Waals surface area contributed by atoms with Crippen molar-refractivity contribution < 1.29 is 19.0 Å². The van der Waals surface area contributed by atoms with Crippen LogP contribution in [0.15, 0.2) is 23.3 Å². The molecule has 4 nitrogen and oxygen atoms in total. The van der Waals surface area contributed by atoms with Crippen molar-refractivity contribution in [2.75, 3.05) is 7.11 Å². The van der Waals surface area contributed by atoms with E-state index in [9.17, 15) is 4.79 Å². The Kier molecular flexibility index (Phi) is 6.00. The standard InChI is InChI=1S/C21H32O4/c1-13(2)7-5-8-14(3)9-6-10-16-15-11-12-17-18(15)21(24-19(16)22)25-20(17)23-4/h7,9,15-18,20-21H,5-6,8,10-12H2,1-4H3/b14-9+/t15-,16-,17-,18+,20-,21-/m1/s1. The number of ether oxygens (including phenoxy) is 3. The number of rotatable bonds is 7. The van der Waals surface area contributed by atoms with E-state index in [4.69, 9.17) is 14.2 Å². The summed E-state index contributed by atoms with van der Waals surface area (Å²) < 4.78 is 16.8. The lowest BCUT2D eigenvalue weighted by molar-refractivity contribution is -0.229. The molecular weight excluding hydrogens is 316 g/mol. The van der Waals surface area contributed by atoms with Gasteiger partial charge in [0, 0.05) is 18.9 Å². The van der Waals surface area contributed by atoms with E-state index >= 15 is 0 Å². The number of hydrogen-bond acceptors (Lipinski definition) is 4. The van der Waals surface area contributed by atoms with Gasteiger partial charge >= 0.3 is 5.97 Å². The number of carbonyl (C=O) groups excluding carboxylic acids is 1. The molecule has 1 aliphatic carbocycles. The summed E-state index contributed by atoms with van der Waals surface area (Å²) in [7, 11) is 1.68. The topological polar surface area (TPSA) is 44.8 Å². The van der Waals surface area contributed by atoms with Gasteiger partial charge in [-0.15, -0.1) is 0 Å². The predicted octanol–water partition coefficient (Wildman–Crippen LogP) is 4.60. The maximum Gasteiger partial charge on any atom is 0.311 e. The van der Waals surface area contributed by atoms with Gasteiger partial charge in [-0.05, 0) is 65.2 Å². The predicted molar refractivity (Wildman–Crippen MR) is 96.6 cm³/mol. The highest BCUT2D eigenvalue weighted by Gasteiger charge is 2.59. The summed E-state index contributed by atoms with van der Waals surface area (Å²) in [6.45, 7) is 6.46. The van der Waals surface area contributed by atoms with Crippen LogP contribution in [0.5, 0.6) is 0 Å². The minimum atomic E-state index is -0.382. The molecule has 0 aromatic heterocycles. The van der Waals surface area contributed by atoms with Crippen molar-refractivity contribution in [3.63, 3.8) is 0 Å². The molecule has 0 amide bonds. The van der Waals surface area contributed by atoms with Crippen LogP contribution in [-0.2, 0) is 19.0 Å². The Balaban J connectivity index is 1.55. The Labute approximate surface area is 151 Å². The minimum Gasteiger partial charge on any atom is -0.435 e. The maximum atomic E-state index is 12.5. The van der Waals surface area contributed by atoms with E-state index < -0.39 is 0 Å². The van der Waals surface area contributed by atoms with Crippen LogP contribution < -0.4 is 0 Å². The average molecular weight is 348 g/mol. The lowest BCUT2D eigenvalue weighted by Crippen LogP contribution is -2.42. The van der Waals surface area contributed by atoms with E-state index in [1.165, 1.54) is 11.1 Å². The fraction of sp³-hybridized carbons (Fsp3) is 0.762. The molecule has 2 saturated heterocycles. The summed E-state index contributed by atoms with van der Waals surface area (Å²) in [5, 5.41) is 0. The lowest BCUT2D eigenvalue weighted by Gasteiger charge is -2.35. The number of allylic oxidation sites excluding steroid dienone is 4. The zero-order chi connectivity index (χ0) is 18.0. The molecule has 3 rings (SSSR count). The highest BCUT2D eigenvalue weighted by molar-refractivity contribution is 5.74. The molecule has 0 aromatic carbocycles. The molecule has 3 fully saturated rings. The largest absolute Gasteiger partial charge is 0.435 e. The van der Waals surface area contributed by atoms with Gasteiger partial charge in [-0.1, -0.05) is 23.3 Å². The first-order chi connectivity index (χ1) is 12.0. The van der Waals surface area contributed by atoms with Gasteiger partial charge in [-0.25, -0.2) is 0 Å². The van der Waals surface area contributed by atoms with Crippen molar-refractivity contribution in [2.45, 2.75) is 71.9 Å². The first-order valence-corrected chi connectivity index (χ1v) is 9.69. The number of hydrogen-bond donors (Lipinski definition) is 0. The fourth-order valence-corrected chi connectivity index (χ4v) is 4.85. The average Bonchev–Trinajstić information content (AvgIpc) is 3.13. The third-order valence-electron chi connectivity index (χ3n) is 6.10. The Morgan fingerprint density at radius 3 is 2.64 bits per heavy atom. The van der Waals surface area contributed by atoms with Gasteiger partial charge in [-0.2, -0.15) is 0 Å². The third kappa shape index (κ3) is 4.01. The summed E-state index contributed by atoms with van der Waals surface area (Å²) in [6.07, 6.45) is 10.2. The van der Waals surface area contributed by atoms with Crippen molar-refractivity contribution in [3.05, 3.63) is 23.3 Å². The monoisotopic (exact) mass is 348 g/mol. The van der Waals surface area contributed by atoms with Crippen LogP contribution in [0.25, 0.3) is 0 Å². The van der Waals surface area contributed by atoms with Crippen LogP contribution in [0.1, 0.15) is 59.3 Å². The second kappa shape index (κ2) is 8.05. The summed E-state index contributed by atoms with van der Waals surface area (Å²) in [5.41, 5.74) is 2.78. The van der Waals surface area contributed by atoms with E-state index in [1.54, 1.807) is 7.11 Å². The van der Waals surface area contributed by atoms with E-state index in [2.05, 4.69) is 32.9 Å². The van der Waals surface area contributed by atoms with Gasteiger partial charge in [0.1, 0.15) is 0 Å². The second-order valence-electron chi connectivity index (χ2n) is 8.08. The fourth-order valence-electron chi connectivity index (χ4n) is 4.85. The molecule has 6 atom stereocenters. The molecule has 0 unspecified atom stereocenters. The molecule has 3 aliphatic rings. The lowest BCUT2D eigenvalue weighted by atomic mass is 9.77. The first-order valence-electron chi connectivity index (χ1n) is 9.69. The zero-order valence-corrected chi connectivity index (χ0v) is 16.0. The molecule has 25 heavy (non-hydrogen) atoms. The normalized spacial score (nSPS) is 37.0. The minimum absolute atomic E-state index is 0.0206. The number of methoxy groups -OCH3 is 1. The van der Waals surface area contributed by atoms with Crippen molar-refractivity contribution in [3.8, 4) is 0 Å². The third-order valence-corrected chi connectivity index (χ3v) is 6.10. The van der Waals surface area contributed by atoms with E-state index in [0.717, 1.165) is 38.5 Å². The molecule has 2 aliphatic heterocycles. The molecule has 4 heteroatoms. The van der Waals surface area contributed by atoms with Crippen molar-refractivity contribution in [2.24, 2.45) is 23.7 Å². The first kappa shape index (κ1) is 18.7.